The van der Waals surface area contributed by atoms with Crippen molar-refractivity contribution in [2.75, 3.05) is 0 Å². The van der Waals surface area contributed by atoms with Crippen molar-refractivity contribution in [1.29, 1.82) is 0 Å². The fourth-order valence-electron chi connectivity index (χ4n) is 1.53. The number of hydrogen-bond acceptors (Lipinski definition) is 1. The first-order valence-corrected chi connectivity index (χ1v) is 5.49. The van der Waals surface area contributed by atoms with Crippen molar-refractivity contribution in [1.82, 2.24) is 9.55 Å². The molecule has 0 saturated carbocycles. The van der Waals surface area contributed by atoms with E-state index < -0.39 is 0 Å². The standard InChI is InChI=1S/C10H11BrN2O/c1-2-9(11)13-8-6-4-3-5-7(8)12-10(13)14/h3-6,9H,2H2,1H3,(H,12,14). The number of nitrogens with one attached hydrogen (secondary N) is 1. The summed E-state index contributed by atoms with van der Waals surface area (Å²) in [5, 5.41) is 0. The highest BCUT2D eigenvalue weighted by Crippen LogP contribution is 2.21. The summed E-state index contributed by atoms with van der Waals surface area (Å²) >= 11 is 3.48. The maximum Gasteiger partial charge on any atom is 0.327 e. The predicted molar refractivity (Wildman–Crippen MR) is 60.8 cm³/mol. The zero-order valence-corrected chi connectivity index (χ0v) is 9.41. The monoisotopic (exact) mass is 254 g/mol. The number of aromatic amines is 1. The van der Waals surface area contributed by atoms with Crippen LogP contribution in [0.5, 0.6) is 0 Å². The average molecular weight is 255 g/mol. The second-order valence-electron chi connectivity index (χ2n) is 3.16. The normalized spacial score (nSPS) is 13.3. The lowest BCUT2D eigenvalue weighted by atomic mass is 10.3. The van der Waals surface area contributed by atoms with E-state index in [4.69, 9.17) is 0 Å². The molecule has 1 atom stereocenters. The number of nitrogens with zero attached hydrogens (tertiary/aromatic N) is 1. The van der Waals surface area contributed by atoms with Gasteiger partial charge in [-0.25, -0.2) is 4.79 Å². The van der Waals surface area contributed by atoms with Gasteiger partial charge in [-0.05, 0) is 18.6 Å². The molecule has 0 amide bonds. The number of benzene rings is 1. The molecule has 0 bridgehead atoms. The molecule has 1 aromatic carbocycles. The van der Waals surface area contributed by atoms with E-state index in [1.54, 1.807) is 4.57 Å². The van der Waals surface area contributed by atoms with Crippen LogP contribution >= 0.6 is 15.9 Å². The molecule has 0 aliphatic rings. The van der Waals surface area contributed by atoms with E-state index in [2.05, 4.69) is 20.9 Å². The Kier molecular flexibility index (Phi) is 2.46. The van der Waals surface area contributed by atoms with E-state index in [1.165, 1.54) is 0 Å². The van der Waals surface area contributed by atoms with Crippen LogP contribution < -0.4 is 5.69 Å². The Labute approximate surface area is 89.9 Å². The average Bonchev–Trinajstić information content (AvgIpc) is 2.53. The number of hydrogen-bond donors (Lipinski definition) is 1. The summed E-state index contributed by atoms with van der Waals surface area (Å²) in [4.78, 5) is 14.5. The van der Waals surface area contributed by atoms with Crippen molar-refractivity contribution >= 4 is 27.0 Å². The summed E-state index contributed by atoms with van der Waals surface area (Å²) in [6.45, 7) is 2.04. The minimum Gasteiger partial charge on any atom is -0.306 e. The van der Waals surface area contributed by atoms with E-state index in [-0.39, 0.29) is 10.6 Å². The number of para-hydroxylation sites is 2. The fraction of sp³-hybridized carbons (Fsp3) is 0.300. The van der Waals surface area contributed by atoms with Gasteiger partial charge in [0.15, 0.2) is 0 Å². The molecule has 14 heavy (non-hydrogen) atoms. The van der Waals surface area contributed by atoms with Gasteiger partial charge in [-0.2, -0.15) is 0 Å². The van der Waals surface area contributed by atoms with Gasteiger partial charge in [0.2, 0.25) is 0 Å². The first kappa shape index (κ1) is 9.52. The molecule has 4 heteroatoms. The van der Waals surface area contributed by atoms with Crippen LogP contribution in [-0.2, 0) is 0 Å². The van der Waals surface area contributed by atoms with E-state index >= 15 is 0 Å². The molecular formula is C10H11BrN2O. The lowest BCUT2D eigenvalue weighted by molar-refractivity contribution is 0.666. The highest BCUT2D eigenvalue weighted by atomic mass is 79.9. The van der Waals surface area contributed by atoms with Gasteiger partial charge in [0.25, 0.3) is 0 Å². The van der Waals surface area contributed by atoms with Crippen LogP contribution in [0.2, 0.25) is 0 Å². The van der Waals surface area contributed by atoms with Crippen molar-refractivity contribution in [2.45, 2.75) is 18.3 Å². The Morgan fingerprint density at radius 1 is 1.50 bits per heavy atom. The van der Waals surface area contributed by atoms with Crippen molar-refractivity contribution in [3.8, 4) is 0 Å². The van der Waals surface area contributed by atoms with Crippen LogP contribution in [0.15, 0.2) is 29.1 Å². The molecule has 0 saturated heterocycles. The van der Waals surface area contributed by atoms with E-state index in [9.17, 15) is 4.79 Å². The number of alkyl halides is 1. The van der Waals surface area contributed by atoms with Crippen LogP contribution in [0, 0.1) is 0 Å². The van der Waals surface area contributed by atoms with Gasteiger partial charge in [0.1, 0.15) is 0 Å². The lowest BCUT2D eigenvalue weighted by Crippen LogP contribution is -2.18. The third-order valence-electron chi connectivity index (χ3n) is 2.24. The third-order valence-corrected chi connectivity index (χ3v) is 3.30. The Hall–Kier alpha value is -1.03. The molecule has 1 N–H and O–H groups in total. The summed E-state index contributed by atoms with van der Waals surface area (Å²) in [5.41, 5.74) is 1.77. The minimum atomic E-state index is -0.0603. The first-order chi connectivity index (χ1) is 6.74. The zero-order chi connectivity index (χ0) is 10.1. The van der Waals surface area contributed by atoms with Crippen molar-refractivity contribution in [3.05, 3.63) is 34.7 Å². The van der Waals surface area contributed by atoms with Crippen LogP contribution in [0.4, 0.5) is 0 Å². The topological polar surface area (TPSA) is 37.8 Å². The number of halogens is 1. The number of rotatable bonds is 2. The number of imidazole rings is 1. The van der Waals surface area contributed by atoms with Crippen molar-refractivity contribution in [3.63, 3.8) is 0 Å². The van der Waals surface area contributed by atoms with Crippen LogP contribution in [0.3, 0.4) is 0 Å². The summed E-state index contributed by atoms with van der Waals surface area (Å²) in [5.74, 6) is 0. The Balaban J connectivity index is 2.74. The molecule has 0 spiro atoms. The SMILES string of the molecule is CCC(Br)n1c(=O)[nH]c2ccccc21. The summed E-state index contributed by atoms with van der Waals surface area (Å²) in [6.07, 6.45) is 0.877. The van der Waals surface area contributed by atoms with Crippen LogP contribution in [0.25, 0.3) is 11.0 Å². The fourth-order valence-corrected chi connectivity index (χ4v) is 1.94. The van der Waals surface area contributed by atoms with Crippen molar-refractivity contribution in [2.24, 2.45) is 0 Å². The minimum absolute atomic E-state index is 0.0603. The van der Waals surface area contributed by atoms with Gasteiger partial charge in [-0.15, -0.1) is 0 Å². The zero-order valence-electron chi connectivity index (χ0n) is 7.83. The van der Waals surface area contributed by atoms with Gasteiger partial charge in [0.05, 0.1) is 16.0 Å². The summed E-state index contributed by atoms with van der Waals surface area (Å²) in [6, 6.07) is 7.69. The second-order valence-corrected chi connectivity index (χ2v) is 4.22. The molecule has 0 aliphatic heterocycles. The molecule has 1 unspecified atom stereocenters. The highest BCUT2D eigenvalue weighted by Gasteiger charge is 2.11. The maximum absolute atomic E-state index is 11.6. The molecule has 1 aromatic heterocycles. The van der Waals surface area contributed by atoms with E-state index in [0.29, 0.717) is 0 Å². The van der Waals surface area contributed by atoms with Crippen LogP contribution in [0.1, 0.15) is 18.3 Å². The summed E-state index contributed by atoms with van der Waals surface area (Å²) in [7, 11) is 0. The first-order valence-electron chi connectivity index (χ1n) is 4.57. The van der Waals surface area contributed by atoms with Gasteiger partial charge in [-0.3, -0.25) is 4.57 Å². The predicted octanol–water partition coefficient (Wildman–Crippen LogP) is 2.63. The lowest BCUT2D eigenvalue weighted by Gasteiger charge is -2.07. The van der Waals surface area contributed by atoms with Gasteiger partial charge < -0.3 is 4.98 Å². The highest BCUT2D eigenvalue weighted by molar-refractivity contribution is 9.09. The number of H-pyrrole nitrogens is 1. The molecule has 74 valence electrons. The van der Waals surface area contributed by atoms with E-state index in [0.717, 1.165) is 17.5 Å². The molecule has 2 aromatic rings. The Bertz CT molecular complexity index is 500. The van der Waals surface area contributed by atoms with Gasteiger partial charge in [0, 0.05) is 0 Å². The number of aromatic nitrogens is 2. The maximum atomic E-state index is 11.6. The third kappa shape index (κ3) is 1.39. The Morgan fingerprint density at radius 3 is 2.93 bits per heavy atom. The Morgan fingerprint density at radius 2 is 2.21 bits per heavy atom. The molecule has 2 rings (SSSR count). The van der Waals surface area contributed by atoms with Crippen molar-refractivity contribution < 1.29 is 0 Å². The van der Waals surface area contributed by atoms with Gasteiger partial charge in [-0.1, -0.05) is 35.0 Å². The smallest absolute Gasteiger partial charge is 0.306 e. The summed E-state index contributed by atoms with van der Waals surface area (Å²) < 4.78 is 1.73. The molecule has 0 aliphatic carbocycles. The molecule has 3 nitrogen and oxygen atoms in total. The largest absolute Gasteiger partial charge is 0.327 e. The molecule has 0 radical (unpaired) electrons. The molecular weight excluding hydrogens is 244 g/mol. The molecule has 0 fully saturated rings. The number of fused-ring (bicyclic) bond motifs is 1. The van der Waals surface area contributed by atoms with Crippen LogP contribution in [-0.4, -0.2) is 9.55 Å². The molecule has 1 heterocycles. The van der Waals surface area contributed by atoms with Gasteiger partial charge >= 0.3 is 5.69 Å². The second kappa shape index (κ2) is 3.61. The van der Waals surface area contributed by atoms with E-state index in [1.807, 2.05) is 31.2 Å². The quantitative estimate of drug-likeness (QED) is 0.823.